The third-order valence-corrected chi connectivity index (χ3v) is 3.12. The first-order valence-electron chi connectivity index (χ1n) is 6.54. The number of hydrogen-bond acceptors (Lipinski definition) is 3. The van der Waals surface area contributed by atoms with Gasteiger partial charge < -0.3 is 15.2 Å². The van der Waals surface area contributed by atoms with Gasteiger partial charge in [0.05, 0.1) is 18.4 Å². The van der Waals surface area contributed by atoms with Crippen molar-refractivity contribution in [3.05, 3.63) is 47.0 Å². The highest BCUT2D eigenvalue weighted by Crippen LogP contribution is 2.18. The topological polar surface area (TPSA) is 61.0 Å². The molecule has 2 aromatic rings. The number of carbonyl (C=O) groups excluding carboxylic acids is 1. The van der Waals surface area contributed by atoms with E-state index in [2.05, 4.69) is 15.3 Å². The molecule has 1 amide bonds. The molecule has 0 bridgehead atoms. The van der Waals surface area contributed by atoms with Gasteiger partial charge in [-0.2, -0.15) is 0 Å². The Labute approximate surface area is 119 Å². The van der Waals surface area contributed by atoms with Crippen LogP contribution in [0.3, 0.4) is 0 Å². The monoisotopic (exact) mass is 272 g/mol. The summed E-state index contributed by atoms with van der Waals surface area (Å²) in [5, 5.41) is 3.33. The number of aromatic amines is 1. The molecule has 1 aromatic carbocycles. The second-order valence-corrected chi connectivity index (χ2v) is 5.08. The van der Waals surface area contributed by atoms with Crippen LogP contribution in [0.2, 0.25) is 0 Å². The Kier molecular flexibility index (Phi) is 4.08. The molecule has 20 heavy (non-hydrogen) atoms. The van der Waals surface area contributed by atoms with Crippen LogP contribution in [-0.2, 0) is 6.54 Å². The van der Waals surface area contributed by atoms with Crippen LogP contribution in [-0.4, -0.2) is 34.9 Å². The molecule has 0 saturated heterocycles. The maximum Gasteiger partial charge on any atom is 0.253 e. The van der Waals surface area contributed by atoms with E-state index in [-0.39, 0.29) is 5.91 Å². The molecule has 1 heterocycles. The SMILES string of the molecule is Cc1ncc(CNc2cc(C(=O)N(C)C)ccc2C)[nH]1. The lowest BCUT2D eigenvalue weighted by atomic mass is 10.1. The summed E-state index contributed by atoms with van der Waals surface area (Å²) in [6, 6.07) is 5.70. The van der Waals surface area contributed by atoms with Gasteiger partial charge in [-0.25, -0.2) is 4.98 Å². The molecule has 5 nitrogen and oxygen atoms in total. The zero-order chi connectivity index (χ0) is 14.7. The Morgan fingerprint density at radius 2 is 2.10 bits per heavy atom. The molecule has 0 unspecified atom stereocenters. The number of rotatable bonds is 4. The molecule has 0 aliphatic carbocycles. The van der Waals surface area contributed by atoms with E-state index in [0.29, 0.717) is 12.1 Å². The Balaban J connectivity index is 2.14. The fourth-order valence-electron chi connectivity index (χ4n) is 1.96. The van der Waals surface area contributed by atoms with Gasteiger partial charge in [0, 0.05) is 25.3 Å². The van der Waals surface area contributed by atoms with E-state index >= 15 is 0 Å². The molecule has 0 aliphatic rings. The van der Waals surface area contributed by atoms with Crippen LogP contribution in [0.4, 0.5) is 5.69 Å². The predicted octanol–water partition coefficient (Wildman–Crippen LogP) is 2.34. The van der Waals surface area contributed by atoms with Crippen LogP contribution in [0.25, 0.3) is 0 Å². The summed E-state index contributed by atoms with van der Waals surface area (Å²) in [6.07, 6.45) is 1.81. The Morgan fingerprint density at radius 1 is 1.35 bits per heavy atom. The highest BCUT2D eigenvalue weighted by molar-refractivity contribution is 5.95. The summed E-state index contributed by atoms with van der Waals surface area (Å²) < 4.78 is 0. The summed E-state index contributed by atoms with van der Waals surface area (Å²) in [5.74, 6) is 0.903. The molecule has 0 atom stereocenters. The van der Waals surface area contributed by atoms with Crippen molar-refractivity contribution in [1.82, 2.24) is 14.9 Å². The zero-order valence-corrected chi connectivity index (χ0v) is 12.3. The van der Waals surface area contributed by atoms with Gasteiger partial charge >= 0.3 is 0 Å². The average Bonchev–Trinajstić information content (AvgIpc) is 2.82. The number of hydrogen-bond donors (Lipinski definition) is 2. The van der Waals surface area contributed by atoms with Crippen molar-refractivity contribution in [2.45, 2.75) is 20.4 Å². The fraction of sp³-hybridized carbons (Fsp3) is 0.333. The van der Waals surface area contributed by atoms with Crippen LogP contribution in [0.5, 0.6) is 0 Å². The molecule has 2 N–H and O–H groups in total. The first-order valence-corrected chi connectivity index (χ1v) is 6.54. The molecule has 2 rings (SSSR count). The van der Waals surface area contributed by atoms with E-state index in [1.54, 1.807) is 19.0 Å². The number of carbonyl (C=O) groups is 1. The van der Waals surface area contributed by atoms with E-state index in [0.717, 1.165) is 22.8 Å². The van der Waals surface area contributed by atoms with Gasteiger partial charge in [0.2, 0.25) is 0 Å². The van der Waals surface area contributed by atoms with Gasteiger partial charge in [0.1, 0.15) is 5.82 Å². The van der Waals surface area contributed by atoms with Gasteiger partial charge in [-0.05, 0) is 31.5 Å². The Bertz CT molecular complexity index is 616. The molecule has 5 heteroatoms. The molecular weight excluding hydrogens is 252 g/mol. The Morgan fingerprint density at radius 3 is 2.70 bits per heavy atom. The smallest absolute Gasteiger partial charge is 0.253 e. The van der Waals surface area contributed by atoms with E-state index in [1.165, 1.54) is 0 Å². The number of benzene rings is 1. The normalized spacial score (nSPS) is 10.4. The van der Waals surface area contributed by atoms with Crippen LogP contribution >= 0.6 is 0 Å². The molecule has 0 spiro atoms. The molecule has 0 aliphatic heterocycles. The minimum Gasteiger partial charge on any atom is -0.379 e. The zero-order valence-electron chi connectivity index (χ0n) is 12.3. The lowest BCUT2D eigenvalue weighted by Gasteiger charge is -2.13. The second kappa shape index (κ2) is 5.77. The maximum atomic E-state index is 12.0. The van der Waals surface area contributed by atoms with E-state index in [9.17, 15) is 4.79 Å². The summed E-state index contributed by atoms with van der Waals surface area (Å²) in [6.45, 7) is 4.59. The van der Waals surface area contributed by atoms with Crippen molar-refractivity contribution in [3.63, 3.8) is 0 Å². The summed E-state index contributed by atoms with van der Waals surface area (Å²) in [5.41, 5.74) is 3.77. The van der Waals surface area contributed by atoms with Gasteiger partial charge in [-0.3, -0.25) is 4.79 Å². The standard InChI is InChI=1S/C15H20N4O/c1-10-5-6-12(15(20)19(3)4)7-14(10)17-9-13-8-16-11(2)18-13/h5-8,17H,9H2,1-4H3,(H,16,18). The summed E-state index contributed by atoms with van der Waals surface area (Å²) >= 11 is 0. The number of amides is 1. The first-order chi connectivity index (χ1) is 9.47. The van der Waals surface area contributed by atoms with Gasteiger partial charge in [-0.1, -0.05) is 6.07 Å². The number of nitrogens with one attached hydrogen (secondary N) is 2. The quantitative estimate of drug-likeness (QED) is 0.898. The molecular formula is C15H20N4O. The largest absolute Gasteiger partial charge is 0.379 e. The van der Waals surface area contributed by atoms with E-state index in [1.807, 2.05) is 38.2 Å². The van der Waals surface area contributed by atoms with Crippen molar-refractivity contribution in [2.75, 3.05) is 19.4 Å². The lowest BCUT2D eigenvalue weighted by Crippen LogP contribution is -2.21. The molecule has 0 fully saturated rings. The average molecular weight is 272 g/mol. The summed E-state index contributed by atoms with van der Waals surface area (Å²) in [7, 11) is 3.51. The van der Waals surface area contributed by atoms with Crippen LogP contribution in [0, 0.1) is 13.8 Å². The predicted molar refractivity (Wildman–Crippen MR) is 79.8 cm³/mol. The number of imidazole rings is 1. The van der Waals surface area contributed by atoms with E-state index in [4.69, 9.17) is 0 Å². The van der Waals surface area contributed by atoms with Crippen LogP contribution in [0.15, 0.2) is 24.4 Å². The van der Waals surface area contributed by atoms with Gasteiger partial charge in [-0.15, -0.1) is 0 Å². The number of aromatic nitrogens is 2. The molecule has 106 valence electrons. The molecule has 0 radical (unpaired) electrons. The van der Waals surface area contributed by atoms with Crippen molar-refractivity contribution >= 4 is 11.6 Å². The van der Waals surface area contributed by atoms with E-state index < -0.39 is 0 Å². The van der Waals surface area contributed by atoms with Gasteiger partial charge in [0.25, 0.3) is 5.91 Å². The minimum atomic E-state index is 0.00503. The third-order valence-electron chi connectivity index (χ3n) is 3.12. The fourth-order valence-corrected chi connectivity index (χ4v) is 1.96. The third kappa shape index (κ3) is 3.17. The Hall–Kier alpha value is -2.30. The number of H-pyrrole nitrogens is 1. The lowest BCUT2D eigenvalue weighted by molar-refractivity contribution is 0.0827. The molecule has 1 aromatic heterocycles. The van der Waals surface area contributed by atoms with Crippen molar-refractivity contribution < 1.29 is 4.79 Å². The molecule has 0 saturated carbocycles. The number of anilines is 1. The highest BCUT2D eigenvalue weighted by atomic mass is 16.2. The highest BCUT2D eigenvalue weighted by Gasteiger charge is 2.10. The minimum absolute atomic E-state index is 0.00503. The number of aryl methyl sites for hydroxylation is 2. The van der Waals surface area contributed by atoms with Crippen LogP contribution in [0.1, 0.15) is 27.4 Å². The first kappa shape index (κ1) is 14.1. The van der Waals surface area contributed by atoms with Crippen molar-refractivity contribution in [2.24, 2.45) is 0 Å². The maximum absolute atomic E-state index is 12.0. The van der Waals surface area contributed by atoms with Crippen molar-refractivity contribution in [1.29, 1.82) is 0 Å². The van der Waals surface area contributed by atoms with Crippen molar-refractivity contribution in [3.8, 4) is 0 Å². The summed E-state index contributed by atoms with van der Waals surface area (Å²) in [4.78, 5) is 20.9. The number of nitrogens with zero attached hydrogens (tertiary/aromatic N) is 2. The van der Waals surface area contributed by atoms with Crippen LogP contribution < -0.4 is 5.32 Å². The van der Waals surface area contributed by atoms with Gasteiger partial charge in [0.15, 0.2) is 0 Å². The second-order valence-electron chi connectivity index (χ2n) is 5.08.